The molecule has 0 amide bonds. The van der Waals surface area contributed by atoms with Crippen molar-refractivity contribution < 1.29 is 17.8 Å². The predicted octanol–water partition coefficient (Wildman–Crippen LogP) is 1.61. The summed E-state index contributed by atoms with van der Waals surface area (Å²) in [6.45, 7) is 12.4. The lowest BCUT2D eigenvalue weighted by Gasteiger charge is -2.26. The zero-order valence-electron chi connectivity index (χ0n) is 15.3. The lowest BCUT2D eigenvalue weighted by molar-refractivity contribution is -0.136. The number of ether oxygens (including phenoxy) is 1. The third-order valence-corrected chi connectivity index (χ3v) is 16.5. The Bertz CT molecular complexity index is 520. The molecule has 0 fully saturated rings. The first kappa shape index (κ1) is 21.3. The second kappa shape index (κ2) is 10.3. The van der Waals surface area contributed by atoms with Crippen LogP contribution in [0.2, 0.25) is 38.3 Å². The molecule has 0 radical (unpaired) electrons. The minimum absolute atomic E-state index is 0.362. The van der Waals surface area contributed by atoms with E-state index >= 15 is 0 Å². The smallest absolute Gasteiger partial charge is 0.329 e. The zero-order chi connectivity index (χ0) is 18.1. The molecule has 4 nitrogen and oxygen atoms in total. The van der Waals surface area contributed by atoms with Gasteiger partial charge < -0.3 is 13.0 Å². The number of hydrogen-bond acceptors (Lipinski definition) is 4. The zero-order valence-corrected chi connectivity index (χ0v) is 20.2. The number of carbonyl (C=O) groups is 1. The van der Waals surface area contributed by atoms with E-state index < -0.39 is 36.2 Å². The molecule has 0 atom stereocenters. The first-order valence-corrected chi connectivity index (χ1v) is 17.6. The Hall–Kier alpha value is -0.782. The van der Waals surface area contributed by atoms with Gasteiger partial charge in [-0.2, -0.15) is 0 Å². The van der Waals surface area contributed by atoms with Gasteiger partial charge >= 0.3 is 5.97 Å². The molecule has 0 unspecified atom stereocenters. The minimum Gasteiger partial charge on any atom is -0.464 e. The van der Waals surface area contributed by atoms with E-state index in [4.69, 9.17) is 13.0 Å². The SMILES string of the molecule is C=CC(=O)OC[SiH2]O[Si](C)(C)CC[SiH2]O[Si](C)(C)c1ccccc1. The van der Waals surface area contributed by atoms with E-state index in [2.05, 4.69) is 57.0 Å². The highest BCUT2D eigenvalue weighted by molar-refractivity contribution is 6.87. The molecular formula is C16H30O4Si4. The van der Waals surface area contributed by atoms with Gasteiger partial charge in [0, 0.05) is 6.08 Å². The maximum absolute atomic E-state index is 11.0. The van der Waals surface area contributed by atoms with Crippen molar-refractivity contribution in [2.75, 3.05) is 6.23 Å². The number of rotatable bonds is 11. The molecule has 0 spiro atoms. The lowest BCUT2D eigenvalue weighted by Crippen LogP contribution is -2.45. The van der Waals surface area contributed by atoms with Crippen LogP contribution in [0.4, 0.5) is 0 Å². The third kappa shape index (κ3) is 8.36. The average molecular weight is 399 g/mol. The Balaban J connectivity index is 2.25. The number of hydrogen-bond donors (Lipinski definition) is 0. The molecule has 1 rings (SSSR count). The quantitative estimate of drug-likeness (QED) is 0.246. The van der Waals surface area contributed by atoms with E-state index in [1.807, 2.05) is 6.07 Å². The van der Waals surface area contributed by atoms with Crippen LogP contribution < -0.4 is 5.19 Å². The molecule has 0 saturated carbocycles. The number of benzene rings is 1. The normalized spacial score (nSPS) is 13.0. The molecule has 1 aromatic carbocycles. The fraction of sp³-hybridized carbons (Fsp3) is 0.438. The van der Waals surface area contributed by atoms with Crippen molar-refractivity contribution in [1.82, 2.24) is 0 Å². The maximum atomic E-state index is 11.0. The predicted molar refractivity (Wildman–Crippen MR) is 111 cm³/mol. The largest absolute Gasteiger partial charge is 0.464 e. The van der Waals surface area contributed by atoms with E-state index in [9.17, 15) is 4.79 Å². The van der Waals surface area contributed by atoms with Gasteiger partial charge in [-0.25, -0.2) is 4.79 Å². The standard InChI is InChI=1S/C16H30O4Si4/c1-6-16(17)18-14-22-19-23(2,3)13-12-21-20-24(4,5)15-10-8-7-9-11-15/h6-11H,1,12-14,21-22H2,2-5H3. The summed E-state index contributed by atoms with van der Waals surface area (Å²) in [5, 5.41) is 1.36. The van der Waals surface area contributed by atoms with Crippen molar-refractivity contribution >= 4 is 47.3 Å². The first-order valence-electron chi connectivity index (χ1n) is 8.39. The highest BCUT2D eigenvalue weighted by Gasteiger charge is 2.26. The van der Waals surface area contributed by atoms with Crippen molar-refractivity contribution in [2.45, 2.75) is 38.3 Å². The third-order valence-electron chi connectivity index (χ3n) is 3.84. The topological polar surface area (TPSA) is 44.8 Å². The Morgan fingerprint density at radius 1 is 1.12 bits per heavy atom. The van der Waals surface area contributed by atoms with Crippen LogP contribution in [0, 0.1) is 0 Å². The van der Waals surface area contributed by atoms with Gasteiger partial charge in [0.1, 0.15) is 16.0 Å². The highest BCUT2D eigenvalue weighted by Crippen LogP contribution is 2.14. The highest BCUT2D eigenvalue weighted by atomic mass is 28.4. The summed E-state index contributed by atoms with van der Waals surface area (Å²) in [7, 11) is -4.71. The maximum Gasteiger partial charge on any atom is 0.329 e. The van der Waals surface area contributed by atoms with E-state index in [1.54, 1.807) is 0 Å². The van der Waals surface area contributed by atoms with Crippen molar-refractivity contribution in [3.8, 4) is 0 Å². The minimum atomic E-state index is -1.75. The van der Waals surface area contributed by atoms with Crippen LogP contribution >= 0.6 is 0 Å². The average Bonchev–Trinajstić information content (AvgIpc) is 2.56. The summed E-state index contributed by atoms with van der Waals surface area (Å²) in [4.78, 5) is 11.0. The molecular weight excluding hydrogens is 369 g/mol. The van der Waals surface area contributed by atoms with Crippen LogP contribution in [0.15, 0.2) is 43.0 Å². The molecule has 1 aromatic rings. The second-order valence-corrected chi connectivity index (χ2v) is 18.7. The van der Waals surface area contributed by atoms with Crippen LogP contribution in [-0.4, -0.2) is 48.4 Å². The van der Waals surface area contributed by atoms with Gasteiger partial charge in [0.25, 0.3) is 0 Å². The number of esters is 1. The van der Waals surface area contributed by atoms with Crippen LogP contribution in [0.1, 0.15) is 0 Å². The van der Waals surface area contributed by atoms with Crippen LogP contribution in [-0.2, 0) is 17.8 Å². The number of carbonyl (C=O) groups excluding carboxylic acids is 1. The van der Waals surface area contributed by atoms with Crippen molar-refractivity contribution in [2.24, 2.45) is 0 Å². The van der Waals surface area contributed by atoms with Crippen molar-refractivity contribution in [1.29, 1.82) is 0 Å². The van der Waals surface area contributed by atoms with Gasteiger partial charge in [-0.15, -0.1) is 0 Å². The van der Waals surface area contributed by atoms with Crippen LogP contribution in [0.3, 0.4) is 0 Å². The molecule has 0 aliphatic carbocycles. The summed E-state index contributed by atoms with van der Waals surface area (Å²) in [5.74, 6) is -0.362. The van der Waals surface area contributed by atoms with E-state index in [0.29, 0.717) is 6.23 Å². The molecule has 0 aromatic heterocycles. The van der Waals surface area contributed by atoms with Crippen molar-refractivity contribution in [3.05, 3.63) is 43.0 Å². The Morgan fingerprint density at radius 3 is 2.42 bits per heavy atom. The van der Waals surface area contributed by atoms with Crippen molar-refractivity contribution in [3.63, 3.8) is 0 Å². The van der Waals surface area contributed by atoms with Gasteiger partial charge in [-0.05, 0) is 43.5 Å². The van der Waals surface area contributed by atoms with Gasteiger partial charge in [0.2, 0.25) is 8.32 Å². The monoisotopic (exact) mass is 398 g/mol. The van der Waals surface area contributed by atoms with E-state index in [-0.39, 0.29) is 5.97 Å². The molecule has 0 N–H and O–H groups in total. The summed E-state index contributed by atoms with van der Waals surface area (Å²) >= 11 is 0. The van der Waals surface area contributed by atoms with Gasteiger partial charge in [0.15, 0.2) is 18.1 Å². The Morgan fingerprint density at radius 2 is 1.79 bits per heavy atom. The molecule has 0 aliphatic rings. The Labute approximate surface area is 152 Å². The van der Waals surface area contributed by atoms with Gasteiger partial charge in [-0.3, -0.25) is 0 Å². The molecule has 0 bridgehead atoms. The van der Waals surface area contributed by atoms with Gasteiger partial charge in [-0.1, -0.05) is 36.9 Å². The molecule has 0 aliphatic heterocycles. The first-order chi connectivity index (χ1) is 11.3. The Kier molecular flexibility index (Phi) is 9.09. The summed E-state index contributed by atoms with van der Waals surface area (Å²) in [6.07, 6.45) is 1.63. The van der Waals surface area contributed by atoms with E-state index in [1.165, 1.54) is 11.3 Å². The summed E-state index contributed by atoms with van der Waals surface area (Å²) in [5.41, 5.74) is 0. The summed E-state index contributed by atoms with van der Waals surface area (Å²) in [6, 6.07) is 12.9. The molecule has 134 valence electrons. The fourth-order valence-corrected chi connectivity index (χ4v) is 14.0. The van der Waals surface area contributed by atoms with Crippen LogP contribution in [0.25, 0.3) is 0 Å². The second-order valence-electron chi connectivity index (χ2n) is 6.81. The van der Waals surface area contributed by atoms with Crippen LogP contribution in [0.5, 0.6) is 0 Å². The summed E-state index contributed by atoms with van der Waals surface area (Å²) < 4.78 is 17.4. The van der Waals surface area contributed by atoms with E-state index in [0.717, 1.165) is 12.1 Å². The van der Waals surface area contributed by atoms with Gasteiger partial charge in [0.05, 0.1) is 0 Å². The molecule has 0 heterocycles. The molecule has 24 heavy (non-hydrogen) atoms. The fourth-order valence-electron chi connectivity index (χ4n) is 2.34. The molecule has 8 heteroatoms. The lowest BCUT2D eigenvalue weighted by atomic mass is 10.4. The molecule has 0 saturated heterocycles.